The first-order valence-corrected chi connectivity index (χ1v) is 11.9. The molecule has 1 aliphatic rings. The van der Waals surface area contributed by atoms with E-state index in [2.05, 4.69) is 25.2 Å². The van der Waals surface area contributed by atoms with Gasteiger partial charge in [0.15, 0.2) is 5.96 Å². The third-order valence-corrected chi connectivity index (χ3v) is 6.63. The molecule has 8 nitrogen and oxygen atoms in total. The Morgan fingerprint density at radius 3 is 2.39 bits per heavy atom. The Morgan fingerprint density at radius 1 is 1.13 bits per heavy atom. The first-order chi connectivity index (χ1) is 14.5. The molecule has 0 aliphatic carbocycles. The highest BCUT2D eigenvalue weighted by molar-refractivity contribution is 14.0. The summed E-state index contributed by atoms with van der Waals surface area (Å²) in [5.41, 5.74) is 1.80. The van der Waals surface area contributed by atoms with E-state index in [1.807, 2.05) is 36.4 Å². The van der Waals surface area contributed by atoms with E-state index >= 15 is 0 Å². The number of rotatable bonds is 9. The Kier molecular flexibility index (Phi) is 10.3. The molecule has 1 aromatic heterocycles. The van der Waals surface area contributed by atoms with Crippen LogP contribution in [0.15, 0.2) is 52.1 Å². The Morgan fingerprint density at radius 2 is 1.81 bits per heavy atom. The second kappa shape index (κ2) is 12.4. The number of nitrogens with zero attached hydrogens (tertiary/aromatic N) is 2. The number of nitrogens with one attached hydrogen (secondary N) is 3. The van der Waals surface area contributed by atoms with E-state index in [4.69, 9.17) is 4.42 Å². The van der Waals surface area contributed by atoms with Gasteiger partial charge in [0.2, 0.25) is 10.0 Å². The maximum absolute atomic E-state index is 11.7. The minimum Gasteiger partial charge on any atom is -0.468 e. The summed E-state index contributed by atoms with van der Waals surface area (Å²) in [6.45, 7) is 3.45. The van der Waals surface area contributed by atoms with Crippen molar-refractivity contribution >= 4 is 40.0 Å². The lowest BCUT2D eigenvalue weighted by Crippen LogP contribution is -2.42. The number of guanidine groups is 1. The van der Waals surface area contributed by atoms with Gasteiger partial charge in [0.05, 0.1) is 18.1 Å². The molecule has 0 bridgehead atoms. The molecule has 0 spiro atoms. The van der Waals surface area contributed by atoms with Crippen LogP contribution in [0.4, 0.5) is 0 Å². The average molecular weight is 561 g/mol. The van der Waals surface area contributed by atoms with E-state index < -0.39 is 10.0 Å². The highest BCUT2D eigenvalue weighted by Crippen LogP contribution is 2.24. The summed E-state index contributed by atoms with van der Waals surface area (Å²) in [6.07, 6.45) is 4.16. The molecule has 1 aliphatic heterocycles. The number of furan rings is 1. The number of benzene rings is 1. The molecule has 1 saturated heterocycles. The zero-order valence-corrected chi connectivity index (χ0v) is 21.2. The molecule has 1 fully saturated rings. The summed E-state index contributed by atoms with van der Waals surface area (Å²) in [7, 11) is -0.0910. The number of halogens is 1. The van der Waals surface area contributed by atoms with Gasteiger partial charge >= 0.3 is 0 Å². The van der Waals surface area contributed by atoms with E-state index in [-0.39, 0.29) is 35.8 Å². The fourth-order valence-electron chi connectivity index (χ4n) is 3.59. The van der Waals surface area contributed by atoms with Gasteiger partial charge < -0.3 is 15.1 Å². The van der Waals surface area contributed by atoms with Crippen LogP contribution in [0.5, 0.6) is 0 Å². The first-order valence-electron chi connectivity index (χ1n) is 10.2. The van der Waals surface area contributed by atoms with Gasteiger partial charge in [0.25, 0.3) is 0 Å². The maximum atomic E-state index is 11.7. The monoisotopic (exact) mass is 561 g/mol. The van der Waals surface area contributed by atoms with Crippen molar-refractivity contribution in [2.24, 2.45) is 4.99 Å². The molecular formula is C21H32IN5O3S. The van der Waals surface area contributed by atoms with Crippen LogP contribution < -0.4 is 15.4 Å². The molecule has 0 amide bonds. The van der Waals surface area contributed by atoms with Crippen molar-refractivity contribution in [1.82, 2.24) is 20.3 Å². The maximum Gasteiger partial charge on any atom is 0.215 e. The van der Waals surface area contributed by atoms with Gasteiger partial charge in [0.1, 0.15) is 5.76 Å². The fourth-order valence-corrected chi connectivity index (χ4v) is 4.36. The molecular weight excluding hydrogens is 529 g/mol. The van der Waals surface area contributed by atoms with Crippen LogP contribution in [0.3, 0.4) is 0 Å². The summed E-state index contributed by atoms with van der Waals surface area (Å²) in [6, 6.07) is 11.7. The second-order valence-electron chi connectivity index (χ2n) is 7.36. The molecule has 10 heteroatoms. The molecule has 31 heavy (non-hydrogen) atoms. The Hall–Kier alpha value is -1.63. The predicted molar refractivity (Wildman–Crippen MR) is 134 cm³/mol. The summed E-state index contributed by atoms with van der Waals surface area (Å²) >= 11 is 0. The molecule has 0 saturated carbocycles. The van der Waals surface area contributed by atoms with Gasteiger partial charge in [-0.05, 0) is 56.2 Å². The van der Waals surface area contributed by atoms with E-state index in [0.717, 1.165) is 30.0 Å². The van der Waals surface area contributed by atoms with Crippen LogP contribution >= 0.6 is 24.0 Å². The summed E-state index contributed by atoms with van der Waals surface area (Å²) in [5.74, 6) is 1.66. The third-order valence-electron chi connectivity index (χ3n) is 5.29. The highest BCUT2D eigenvalue weighted by Gasteiger charge is 2.25. The quantitative estimate of drug-likeness (QED) is 0.247. The third kappa shape index (κ3) is 7.78. The van der Waals surface area contributed by atoms with Crippen molar-refractivity contribution in [2.75, 3.05) is 33.7 Å². The molecule has 1 atom stereocenters. The zero-order chi connectivity index (χ0) is 21.4. The summed E-state index contributed by atoms with van der Waals surface area (Å²) in [5, 5.41) is 6.72. The van der Waals surface area contributed by atoms with Crippen LogP contribution in [0, 0.1) is 0 Å². The molecule has 0 radical (unpaired) electrons. The summed E-state index contributed by atoms with van der Waals surface area (Å²) < 4.78 is 31.3. The molecule has 2 aromatic rings. The van der Waals surface area contributed by atoms with Crippen molar-refractivity contribution in [2.45, 2.75) is 31.2 Å². The van der Waals surface area contributed by atoms with Crippen molar-refractivity contribution in [3.05, 3.63) is 59.5 Å². The minimum absolute atomic E-state index is 0. The summed E-state index contributed by atoms with van der Waals surface area (Å²) in [4.78, 5) is 6.76. The van der Waals surface area contributed by atoms with Crippen molar-refractivity contribution in [3.63, 3.8) is 0 Å². The van der Waals surface area contributed by atoms with Gasteiger partial charge in [0, 0.05) is 20.1 Å². The molecule has 172 valence electrons. The molecule has 1 unspecified atom stereocenters. The Bertz CT molecular complexity index is 911. The van der Waals surface area contributed by atoms with Crippen LogP contribution in [0.1, 0.15) is 35.8 Å². The van der Waals surface area contributed by atoms with Gasteiger partial charge in [-0.1, -0.05) is 24.3 Å². The largest absolute Gasteiger partial charge is 0.468 e. The predicted octanol–water partition coefficient (Wildman–Crippen LogP) is 2.45. The second-order valence-corrected chi connectivity index (χ2v) is 9.29. The molecule has 1 aromatic carbocycles. The SMILES string of the molecule is CN=C(NCc1ccc(CS(=O)(=O)NC)cc1)NCC(c1ccco1)N1CCCC1.I. The smallest absolute Gasteiger partial charge is 0.215 e. The standard InChI is InChI=1S/C21H31N5O3S.HI/c1-22-21(24-14-17-7-9-18(10-8-17)16-30(27,28)23-2)25-15-19(20-6-5-13-29-20)26-11-3-4-12-26;/h5-10,13,19,23H,3-4,11-12,14-16H2,1-2H3,(H2,22,24,25);1H. The van der Waals surface area contributed by atoms with Gasteiger partial charge in [-0.15, -0.1) is 24.0 Å². The average Bonchev–Trinajstić information content (AvgIpc) is 3.46. The van der Waals surface area contributed by atoms with Crippen LogP contribution in [0.2, 0.25) is 0 Å². The molecule has 3 rings (SSSR count). The Balaban J connectivity index is 0.00000341. The zero-order valence-electron chi connectivity index (χ0n) is 18.0. The number of likely N-dealkylation sites (tertiary alicyclic amines) is 1. The number of aliphatic imine (C=N–C) groups is 1. The lowest BCUT2D eigenvalue weighted by Gasteiger charge is -2.26. The van der Waals surface area contributed by atoms with E-state index in [1.54, 1.807) is 13.3 Å². The normalized spacial score (nSPS) is 16.0. The van der Waals surface area contributed by atoms with Crippen LogP contribution in [0.25, 0.3) is 0 Å². The van der Waals surface area contributed by atoms with Gasteiger partial charge in [-0.25, -0.2) is 13.1 Å². The first kappa shape index (κ1) is 25.6. The lowest BCUT2D eigenvalue weighted by molar-refractivity contribution is 0.215. The van der Waals surface area contributed by atoms with Crippen molar-refractivity contribution in [3.8, 4) is 0 Å². The topological polar surface area (TPSA) is 99.0 Å². The van der Waals surface area contributed by atoms with Crippen molar-refractivity contribution in [1.29, 1.82) is 0 Å². The molecule has 2 heterocycles. The van der Waals surface area contributed by atoms with Gasteiger partial charge in [-0.2, -0.15) is 0 Å². The van der Waals surface area contributed by atoms with Gasteiger partial charge in [-0.3, -0.25) is 9.89 Å². The number of hydrogen-bond acceptors (Lipinski definition) is 5. The van der Waals surface area contributed by atoms with Crippen LogP contribution in [-0.4, -0.2) is 53.0 Å². The minimum atomic E-state index is -3.26. The van der Waals surface area contributed by atoms with E-state index in [9.17, 15) is 8.42 Å². The Labute approximate surface area is 202 Å². The lowest BCUT2D eigenvalue weighted by atomic mass is 10.1. The number of hydrogen-bond donors (Lipinski definition) is 3. The fraction of sp³-hybridized carbons (Fsp3) is 0.476. The number of sulfonamides is 1. The molecule has 3 N–H and O–H groups in total. The highest BCUT2D eigenvalue weighted by atomic mass is 127. The van der Waals surface area contributed by atoms with Crippen LogP contribution in [-0.2, 0) is 22.3 Å². The van der Waals surface area contributed by atoms with E-state index in [0.29, 0.717) is 19.0 Å². The van der Waals surface area contributed by atoms with Crippen molar-refractivity contribution < 1.29 is 12.8 Å². The van der Waals surface area contributed by atoms with E-state index in [1.165, 1.54) is 19.9 Å².